The predicted molar refractivity (Wildman–Crippen MR) is 57.0 cm³/mol. The van der Waals surface area contributed by atoms with Gasteiger partial charge in [0.2, 0.25) is 0 Å². The monoisotopic (exact) mass is 216 g/mol. The molecule has 5 heteroatoms. The molecule has 0 spiro atoms. The van der Waals surface area contributed by atoms with E-state index in [1.54, 1.807) is 7.05 Å². The number of hydrogen-bond acceptors (Lipinski definition) is 4. The summed E-state index contributed by atoms with van der Waals surface area (Å²) in [5.74, 6) is -0.804. The fourth-order valence-corrected chi connectivity index (χ4v) is 1.82. The van der Waals surface area contributed by atoms with Gasteiger partial charge in [0.25, 0.3) is 0 Å². The third-order valence-electron chi connectivity index (χ3n) is 2.59. The Morgan fingerprint density at radius 3 is 2.80 bits per heavy atom. The van der Waals surface area contributed by atoms with Crippen LogP contribution in [0.3, 0.4) is 0 Å². The van der Waals surface area contributed by atoms with E-state index in [2.05, 4.69) is 10.2 Å². The lowest BCUT2D eigenvalue weighted by Crippen LogP contribution is -2.53. The molecule has 0 radical (unpaired) electrons. The van der Waals surface area contributed by atoms with Crippen LogP contribution in [0.1, 0.15) is 13.8 Å². The summed E-state index contributed by atoms with van der Waals surface area (Å²) in [4.78, 5) is 13.0. The van der Waals surface area contributed by atoms with Crippen LogP contribution in [0.5, 0.6) is 0 Å². The molecular weight excluding hydrogens is 196 g/mol. The molecule has 1 unspecified atom stereocenters. The maximum Gasteiger partial charge on any atom is 0.322 e. The van der Waals surface area contributed by atoms with Gasteiger partial charge in [0.05, 0.1) is 12.2 Å². The van der Waals surface area contributed by atoms with Gasteiger partial charge in [0, 0.05) is 19.6 Å². The highest BCUT2D eigenvalue weighted by atomic mass is 16.5. The van der Waals surface area contributed by atoms with Crippen LogP contribution in [-0.4, -0.2) is 60.9 Å². The Morgan fingerprint density at radius 2 is 2.33 bits per heavy atom. The number of likely N-dealkylation sites (N-methyl/N-ethyl adjacent to an activating group) is 1. The highest BCUT2D eigenvalue weighted by Gasteiger charge is 2.29. The van der Waals surface area contributed by atoms with Crippen molar-refractivity contribution in [2.45, 2.75) is 25.5 Å². The minimum atomic E-state index is -0.804. The van der Waals surface area contributed by atoms with Gasteiger partial charge in [-0.15, -0.1) is 0 Å². The fraction of sp³-hybridized carbons (Fsp3) is 0.900. The zero-order chi connectivity index (χ0) is 11.5. The second-order valence-electron chi connectivity index (χ2n) is 4.52. The Balaban J connectivity index is 2.47. The zero-order valence-corrected chi connectivity index (χ0v) is 9.62. The Labute approximate surface area is 90.4 Å². The number of carboxylic acids is 1. The zero-order valence-electron chi connectivity index (χ0n) is 9.62. The molecular formula is C10H20N2O3. The minimum Gasteiger partial charge on any atom is -0.480 e. The molecule has 1 saturated heterocycles. The molecule has 1 aliphatic rings. The topological polar surface area (TPSA) is 61.8 Å². The number of nitrogens with one attached hydrogen (secondary N) is 1. The Morgan fingerprint density at radius 1 is 1.67 bits per heavy atom. The second-order valence-corrected chi connectivity index (χ2v) is 4.52. The molecule has 1 fully saturated rings. The first-order chi connectivity index (χ1) is 6.94. The van der Waals surface area contributed by atoms with Crippen molar-refractivity contribution >= 4 is 5.97 Å². The van der Waals surface area contributed by atoms with Crippen molar-refractivity contribution in [3.63, 3.8) is 0 Å². The average molecular weight is 216 g/mol. The van der Waals surface area contributed by atoms with E-state index in [0.29, 0.717) is 13.2 Å². The standard InChI is InChI=1S/C10H20N2O3/c1-10(2)7-12(4-5-15-10)6-8(11-3)9(13)14/h8,11H,4-7H2,1-3H3,(H,13,14). The third-order valence-corrected chi connectivity index (χ3v) is 2.59. The van der Waals surface area contributed by atoms with Crippen LogP contribution in [0.2, 0.25) is 0 Å². The first kappa shape index (κ1) is 12.4. The van der Waals surface area contributed by atoms with Gasteiger partial charge < -0.3 is 15.2 Å². The summed E-state index contributed by atoms with van der Waals surface area (Å²) in [6, 6.07) is -0.501. The minimum absolute atomic E-state index is 0.172. The van der Waals surface area contributed by atoms with Crippen LogP contribution in [-0.2, 0) is 9.53 Å². The number of carbonyl (C=O) groups is 1. The molecule has 1 aliphatic heterocycles. The number of rotatable bonds is 4. The van der Waals surface area contributed by atoms with E-state index >= 15 is 0 Å². The van der Waals surface area contributed by atoms with Crippen molar-refractivity contribution in [2.24, 2.45) is 0 Å². The van der Waals surface area contributed by atoms with Gasteiger partial charge in [0.15, 0.2) is 0 Å². The van der Waals surface area contributed by atoms with E-state index in [0.717, 1.165) is 13.1 Å². The number of nitrogens with zero attached hydrogens (tertiary/aromatic N) is 1. The molecule has 0 aromatic heterocycles. The lowest BCUT2D eigenvalue weighted by atomic mass is 10.1. The highest BCUT2D eigenvalue weighted by molar-refractivity contribution is 5.73. The summed E-state index contributed by atoms with van der Waals surface area (Å²) in [6.45, 7) is 6.82. The first-order valence-corrected chi connectivity index (χ1v) is 5.21. The van der Waals surface area contributed by atoms with Crippen molar-refractivity contribution in [3.05, 3.63) is 0 Å². The van der Waals surface area contributed by atoms with Gasteiger partial charge in [-0.25, -0.2) is 0 Å². The quantitative estimate of drug-likeness (QED) is 0.679. The normalized spacial score (nSPS) is 23.7. The molecule has 0 aromatic carbocycles. The Hall–Kier alpha value is -0.650. The Bertz CT molecular complexity index is 231. The highest BCUT2D eigenvalue weighted by Crippen LogP contribution is 2.16. The van der Waals surface area contributed by atoms with Crippen LogP contribution >= 0.6 is 0 Å². The number of hydrogen-bond donors (Lipinski definition) is 2. The van der Waals surface area contributed by atoms with Crippen LogP contribution in [0.4, 0.5) is 0 Å². The van der Waals surface area contributed by atoms with Gasteiger partial charge in [0.1, 0.15) is 6.04 Å². The summed E-state index contributed by atoms with van der Waals surface area (Å²) in [6.07, 6.45) is 0. The molecule has 0 amide bonds. The summed E-state index contributed by atoms with van der Waals surface area (Å²) >= 11 is 0. The molecule has 0 bridgehead atoms. The summed E-state index contributed by atoms with van der Waals surface area (Å²) < 4.78 is 5.56. The second kappa shape index (κ2) is 4.92. The number of aliphatic carboxylic acids is 1. The van der Waals surface area contributed by atoms with Crippen LogP contribution < -0.4 is 5.32 Å². The molecule has 0 aliphatic carbocycles. The molecule has 2 N–H and O–H groups in total. The molecule has 1 atom stereocenters. The molecule has 88 valence electrons. The third kappa shape index (κ3) is 3.77. The average Bonchev–Trinajstić information content (AvgIpc) is 2.12. The number of ether oxygens (including phenoxy) is 1. The maximum atomic E-state index is 10.8. The van der Waals surface area contributed by atoms with Crippen molar-refractivity contribution in [1.29, 1.82) is 0 Å². The van der Waals surface area contributed by atoms with E-state index in [1.807, 2.05) is 13.8 Å². The van der Waals surface area contributed by atoms with Crippen LogP contribution in [0, 0.1) is 0 Å². The summed E-state index contributed by atoms with van der Waals surface area (Å²) in [7, 11) is 1.67. The van der Waals surface area contributed by atoms with Gasteiger partial charge in [-0.05, 0) is 20.9 Å². The van der Waals surface area contributed by atoms with E-state index in [9.17, 15) is 4.79 Å². The molecule has 15 heavy (non-hydrogen) atoms. The largest absolute Gasteiger partial charge is 0.480 e. The lowest BCUT2D eigenvalue weighted by molar-refractivity contribution is -0.141. The van der Waals surface area contributed by atoms with E-state index in [1.165, 1.54) is 0 Å². The van der Waals surface area contributed by atoms with E-state index in [4.69, 9.17) is 9.84 Å². The molecule has 1 heterocycles. The fourth-order valence-electron chi connectivity index (χ4n) is 1.82. The van der Waals surface area contributed by atoms with E-state index in [-0.39, 0.29) is 5.60 Å². The summed E-state index contributed by atoms with van der Waals surface area (Å²) in [5, 5.41) is 11.7. The van der Waals surface area contributed by atoms with Gasteiger partial charge in [-0.2, -0.15) is 0 Å². The van der Waals surface area contributed by atoms with Crippen molar-refractivity contribution in [3.8, 4) is 0 Å². The van der Waals surface area contributed by atoms with Gasteiger partial charge in [-0.3, -0.25) is 9.69 Å². The summed E-state index contributed by atoms with van der Waals surface area (Å²) in [5.41, 5.74) is -0.172. The lowest BCUT2D eigenvalue weighted by Gasteiger charge is -2.39. The molecule has 0 saturated carbocycles. The molecule has 5 nitrogen and oxygen atoms in total. The van der Waals surface area contributed by atoms with E-state index < -0.39 is 12.0 Å². The van der Waals surface area contributed by atoms with Crippen molar-refractivity contribution < 1.29 is 14.6 Å². The van der Waals surface area contributed by atoms with Gasteiger partial charge in [-0.1, -0.05) is 0 Å². The SMILES string of the molecule is CNC(CN1CCOC(C)(C)C1)C(=O)O. The number of carboxylic acid groups (broad SMARTS) is 1. The Kier molecular flexibility index (Phi) is 4.07. The van der Waals surface area contributed by atoms with Crippen LogP contribution in [0.25, 0.3) is 0 Å². The molecule has 0 aromatic rings. The van der Waals surface area contributed by atoms with Crippen LogP contribution in [0.15, 0.2) is 0 Å². The van der Waals surface area contributed by atoms with Crippen molar-refractivity contribution in [2.75, 3.05) is 33.3 Å². The first-order valence-electron chi connectivity index (χ1n) is 5.21. The smallest absolute Gasteiger partial charge is 0.322 e. The van der Waals surface area contributed by atoms with Gasteiger partial charge >= 0.3 is 5.97 Å². The number of morpholine rings is 1. The maximum absolute atomic E-state index is 10.8. The van der Waals surface area contributed by atoms with Crippen molar-refractivity contribution in [1.82, 2.24) is 10.2 Å². The molecule has 1 rings (SSSR count). The predicted octanol–water partition coefficient (Wildman–Crippen LogP) is -0.230.